The second-order valence-corrected chi connectivity index (χ2v) is 8.35. The number of benzene rings is 2. The minimum Gasteiger partial charge on any atom is -0.382 e. The maximum Gasteiger partial charge on any atom is 0.279 e. The molecule has 1 aliphatic heterocycles. The van der Waals surface area contributed by atoms with E-state index in [1.54, 1.807) is 6.20 Å². The second-order valence-electron chi connectivity index (χ2n) is 8.35. The van der Waals surface area contributed by atoms with Crippen LogP contribution in [0, 0.1) is 0 Å². The summed E-state index contributed by atoms with van der Waals surface area (Å²) in [6, 6.07) is 17.1. The Morgan fingerprint density at radius 2 is 1.94 bits per heavy atom. The van der Waals surface area contributed by atoms with Gasteiger partial charge in [-0.25, -0.2) is 9.97 Å². The number of fused-ring (bicyclic) bond motifs is 1. The number of para-hydroxylation sites is 1. The van der Waals surface area contributed by atoms with E-state index in [4.69, 9.17) is 5.73 Å². The predicted octanol–water partition coefficient (Wildman–Crippen LogP) is 2.75. The summed E-state index contributed by atoms with van der Waals surface area (Å²) >= 11 is 0. The van der Waals surface area contributed by atoms with Crippen LogP contribution in [-0.4, -0.2) is 57.0 Å². The molecular weight excluding hydrogens is 430 g/mol. The van der Waals surface area contributed by atoms with E-state index in [0.29, 0.717) is 11.5 Å². The molecule has 0 aliphatic carbocycles. The molecule has 34 heavy (non-hydrogen) atoms. The molecule has 9 nitrogen and oxygen atoms in total. The normalized spacial score (nSPS) is 15.7. The lowest BCUT2D eigenvalue weighted by Gasteiger charge is -2.26. The number of aromatic nitrogens is 3. The molecule has 1 saturated heterocycles. The fourth-order valence-electron chi connectivity index (χ4n) is 4.17. The van der Waals surface area contributed by atoms with Crippen molar-refractivity contribution in [3.05, 3.63) is 72.1 Å². The van der Waals surface area contributed by atoms with Crippen molar-refractivity contribution in [3.63, 3.8) is 0 Å². The number of amides is 1. The minimum absolute atomic E-state index is 0.0531. The molecule has 0 saturated carbocycles. The molecule has 9 heteroatoms. The van der Waals surface area contributed by atoms with Crippen LogP contribution < -0.4 is 16.4 Å². The third-order valence-corrected chi connectivity index (χ3v) is 6.02. The van der Waals surface area contributed by atoms with Gasteiger partial charge in [-0.1, -0.05) is 42.5 Å². The van der Waals surface area contributed by atoms with Crippen molar-refractivity contribution in [3.8, 4) is 11.3 Å². The number of H-pyrrole nitrogens is 1. The van der Waals surface area contributed by atoms with Gasteiger partial charge in [0.1, 0.15) is 12.0 Å². The Kier molecular flexibility index (Phi) is 6.22. The molecule has 6 N–H and O–H groups in total. The topological polar surface area (TPSA) is 132 Å². The minimum atomic E-state index is -0.663. The molecule has 5 rings (SSSR count). The number of anilines is 2. The molecule has 1 fully saturated rings. The summed E-state index contributed by atoms with van der Waals surface area (Å²) < 4.78 is 0. The van der Waals surface area contributed by atoms with Gasteiger partial charge in [0.2, 0.25) is 0 Å². The first-order chi connectivity index (χ1) is 16.6. The quantitative estimate of drug-likeness (QED) is 0.311. The lowest BCUT2D eigenvalue weighted by Crippen LogP contribution is -2.32. The number of nitrogens with two attached hydrogens (primary N) is 1. The number of nitrogens with one attached hydrogen (secondary N) is 3. The van der Waals surface area contributed by atoms with Crippen molar-refractivity contribution < 1.29 is 9.90 Å². The summed E-state index contributed by atoms with van der Waals surface area (Å²) in [5, 5.41) is 17.9. The molecule has 3 heterocycles. The van der Waals surface area contributed by atoms with Gasteiger partial charge in [0, 0.05) is 36.1 Å². The Hall–Kier alpha value is -3.79. The molecule has 4 aromatic rings. The van der Waals surface area contributed by atoms with Crippen molar-refractivity contribution in [2.24, 2.45) is 0 Å². The maximum absolute atomic E-state index is 12.9. The van der Waals surface area contributed by atoms with Gasteiger partial charge in [0.05, 0.1) is 11.9 Å². The number of carbonyl (C=O) groups is 1. The molecule has 0 bridgehead atoms. The predicted molar refractivity (Wildman–Crippen MR) is 132 cm³/mol. The zero-order valence-electron chi connectivity index (χ0n) is 18.7. The van der Waals surface area contributed by atoms with Crippen LogP contribution in [-0.2, 0) is 0 Å². The molecule has 174 valence electrons. The van der Waals surface area contributed by atoms with E-state index in [0.717, 1.165) is 54.6 Å². The molecule has 0 radical (unpaired) electrons. The highest BCUT2D eigenvalue weighted by Crippen LogP contribution is 2.24. The number of nitrogen functional groups attached to an aromatic ring is 1. The van der Waals surface area contributed by atoms with Crippen LogP contribution in [0.5, 0.6) is 0 Å². The van der Waals surface area contributed by atoms with Crippen LogP contribution in [0.3, 0.4) is 0 Å². The Morgan fingerprint density at radius 1 is 1.12 bits per heavy atom. The summed E-state index contributed by atoms with van der Waals surface area (Å²) in [7, 11) is 0. The highest BCUT2D eigenvalue weighted by molar-refractivity contribution is 6.06. The van der Waals surface area contributed by atoms with Crippen LogP contribution in [0.25, 0.3) is 22.2 Å². The molecule has 0 spiro atoms. The SMILES string of the molecule is Nc1ncc(-c2ccc(C(O)N3CCCNCC3)cc2)nc1C(=O)Nc1cc2ccccc2[nH]1. The van der Waals surface area contributed by atoms with Gasteiger partial charge in [-0.3, -0.25) is 9.69 Å². The lowest BCUT2D eigenvalue weighted by atomic mass is 10.1. The molecular formula is C25H27N7O2. The van der Waals surface area contributed by atoms with Gasteiger partial charge in [0.25, 0.3) is 5.91 Å². The number of aromatic amines is 1. The largest absolute Gasteiger partial charge is 0.382 e. The molecule has 1 amide bonds. The highest BCUT2D eigenvalue weighted by atomic mass is 16.3. The van der Waals surface area contributed by atoms with Crippen molar-refractivity contribution in [2.45, 2.75) is 12.6 Å². The standard InChI is InChI=1S/C25H27N7O2/c26-23-22(24(33)31-21-14-18-4-1-2-5-19(18)29-21)30-20(15-28-23)16-6-8-17(9-7-16)25(34)32-12-3-10-27-11-13-32/h1-2,4-9,14-15,25,27,29,34H,3,10-13H2,(H2,26,28)(H,31,33). The number of aliphatic hydroxyl groups is 1. The van der Waals surface area contributed by atoms with E-state index >= 15 is 0 Å². The Bertz CT molecular complexity index is 1260. The van der Waals surface area contributed by atoms with Gasteiger partial charge in [-0.05, 0) is 30.7 Å². The van der Waals surface area contributed by atoms with E-state index in [1.807, 2.05) is 54.6 Å². The number of rotatable bonds is 5. The number of hydrogen-bond acceptors (Lipinski definition) is 7. The summed E-state index contributed by atoms with van der Waals surface area (Å²) in [6.07, 6.45) is 1.88. The van der Waals surface area contributed by atoms with Gasteiger partial charge in [-0.15, -0.1) is 0 Å². The van der Waals surface area contributed by atoms with Gasteiger partial charge in [0.15, 0.2) is 11.5 Å². The zero-order chi connectivity index (χ0) is 23.5. The van der Waals surface area contributed by atoms with E-state index in [-0.39, 0.29) is 11.5 Å². The van der Waals surface area contributed by atoms with E-state index in [1.165, 1.54) is 0 Å². The smallest absolute Gasteiger partial charge is 0.279 e. The monoisotopic (exact) mass is 457 g/mol. The number of aliphatic hydroxyl groups excluding tert-OH is 1. The van der Waals surface area contributed by atoms with Crippen molar-refractivity contribution in [1.82, 2.24) is 25.2 Å². The summed E-state index contributed by atoms with van der Waals surface area (Å²) in [5.74, 6) is 0.166. The molecule has 1 aliphatic rings. The molecule has 1 unspecified atom stereocenters. The average molecular weight is 458 g/mol. The first-order valence-corrected chi connectivity index (χ1v) is 11.3. The third kappa shape index (κ3) is 4.62. The van der Waals surface area contributed by atoms with Gasteiger partial charge in [-0.2, -0.15) is 0 Å². The third-order valence-electron chi connectivity index (χ3n) is 6.02. The Balaban J connectivity index is 1.34. The van der Waals surface area contributed by atoms with Crippen LogP contribution >= 0.6 is 0 Å². The lowest BCUT2D eigenvalue weighted by molar-refractivity contribution is 0.00622. The highest BCUT2D eigenvalue weighted by Gasteiger charge is 2.20. The second kappa shape index (κ2) is 9.60. The van der Waals surface area contributed by atoms with Crippen molar-refractivity contribution in [1.29, 1.82) is 0 Å². The van der Waals surface area contributed by atoms with Crippen molar-refractivity contribution in [2.75, 3.05) is 37.2 Å². The number of hydrogen-bond donors (Lipinski definition) is 5. The fourth-order valence-corrected chi connectivity index (χ4v) is 4.17. The Morgan fingerprint density at radius 3 is 2.76 bits per heavy atom. The Labute approximate surface area is 197 Å². The van der Waals surface area contributed by atoms with Crippen LogP contribution in [0.15, 0.2) is 60.8 Å². The van der Waals surface area contributed by atoms with E-state index < -0.39 is 12.1 Å². The molecule has 2 aromatic heterocycles. The van der Waals surface area contributed by atoms with Gasteiger partial charge < -0.3 is 26.5 Å². The number of nitrogens with zero attached hydrogens (tertiary/aromatic N) is 3. The van der Waals surface area contributed by atoms with E-state index in [9.17, 15) is 9.90 Å². The van der Waals surface area contributed by atoms with Crippen molar-refractivity contribution >= 4 is 28.4 Å². The van der Waals surface area contributed by atoms with Crippen LogP contribution in [0.1, 0.15) is 28.7 Å². The summed E-state index contributed by atoms with van der Waals surface area (Å²) in [6.45, 7) is 3.46. The first kappa shape index (κ1) is 22.0. The number of carbonyl (C=O) groups excluding carboxylic acids is 1. The van der Waals surface area contributed by atoms with Crippen LogP contribution in [0.4, 0.5) is 11.6 Å². The van der Waals surface area contributed by atoms with Gasteiger partial charge >= 0.3 is 0 Å². The summed E-state index contributed by atoms with van der Waals surface area (Å²) in [5.41, 5.74) is 9.06. The summed E-state index contributed by atoms with van der Waals surface area (Å²) in [4.78, 5) is 26.8. The average Bonchev–Trinajstić information content (AvgIpc) is 3.07. The maximum atomic E-state index is 12.9. The molecule has 1 atom stereocenters. The van der Waals surface area contributed by atoms with E-state index in [2.05, 4.69) is 30.5 Å². The fraction of sp³-hybridized carbons (Fsp3) is 0.240. The first-order valence-electron chi connectivity index (χ1n) is 11.3. The zero-order valence-corrected chi connectivity index (χ0v) is 18.7. The molecule has 2 aromatic carbocycles. The van der Waals surface area contributed by atoms with Crippen LogP contribution in [0.2, 0.25) is 0 Å².